The fraction of sp³-hybridized carbons (Fsp3) is 0.333. The van der Waals surface area contributed by atoms with Crippen LogP contribution in [0.3, 0.4) is 0 Å². The van der Waals surface area contributed by atoms with Gasteiger partial charge in [0.05, 0.1) is 15.9 Å². The van der Waals surface area contributed by atoms with Gasteiger partial charge in [-0.15, -0.1) is 11.3 Å². The topological polar surface area (TPSA) is 72.6 Å². The summed E-state index contributed by atoms with van der Waals surface area (Å²) >= 11 is 1.14. The van der Waals surface area contributed by atoms with Gasteiger partial charge in [-0.3, -0.25) is 9.59 Å². The Labute approximate surface area is 145 Å². The number of thiophene rings is 1. The maximum atomic E-state index is 12.9. The van der Waals surface area contributed by atoms with Crippen LogP contribution in [0.1, 0.15) is 37.7 Å². The van der Waals surface area contributed by atoms with Gasteiger partial charge in [0.1, 0.15) is 0 Å². The van der Waals surface area contributed by atoms with Crippen LogP contribution >= 0.6 is 11.3 Å². The monoisotopic (exact) mass is 344 g/mol. The molecule has 0 radical (unpaired) electrons. The molecule has 1 unspecified atom stereocenters. The van der Waals surface area contributed by atoms with Gasteiger partial charge in [-0.25, -0.2) is 0 Å². The fourth-order valence-electron chi connectivity index (χ4n) is 2.80. The van der Waals surface area contributed by atoms with E-state index in [9.17, 15) is 9.59 Å². The normalized spacial score (nSPS) is 16.9. The summed E-state index contributed by atoms with van der Waals surface area (Å²) < 4.78 is 5.69. The van der Waals surface area contributed by atoms with Crippen LogP contribution in [0.15, 0.2) is 42.5 Å². The molecule has 1 aromatic heterocycles. The number of hydrogen-bond donors (Lipinski definition) is 1. The minimum atomic E-state index is -0.507. The van der Waals surface area contributed by atoms with Crippen molar-refractivity contribution in [2.75, 3.05) is 13.2 Å². The van der Waals surface area contributed by atoms with Gasteiger partial charge in [0.15, 0.2) is 0 Å². The number of nitrogens with two attached hydrogens (primary N) is 1. The van der Waals surface area contributed by atoms with Crippen molar-refractivity contribution < 1.29 is 14.3 Å². The summed E-state index contributed by atoms with van der Waals surface area (Å²) in [4.78, 5) is 26.9. The van der Waals surface area contributed by atoms with E-state index in [0.29, 0.717) is 22.8 Å². The van der Waals surface area contributed by atoms with E-state index >= 15 is 0 Å². The SMILES string of the molecule is NC(=O)c1ccc(C(=O)N(Cc2ccccc2)CC2CCCO2)s1. The number of hydrogen-bond acceptors (Lipinski definition) is 4. The summed E-state index contributed by atoms with van der Waals surface area (Å²) in [6.07, 6.45) is 2.08. The molecule has 3 rings (SSSR count). The van der Waals surface area contributed by atoms with Gasteiger partial charge in [0, 0.05) is 19.7 Å². The summed E-state index contributed by atoms with van der Waals surface area (Å²) in [5.41, 5.74) is 6.35. The Morgan fingerprint density at radius 2 is 1.92 bits per heavy atom. The predicted octanol–water partition coefficient (Wildman–Crippen LogP) is 2.67. The lowest BCUT2D eigenvalue weighted by atomic mass is 10.1. The van der Waals surface area contributed by atoms with Crippen molar-refractivity contribution in [2.24, 2.45) is 5.73 Å². The third-order valence-electron chi connectivity index (χ3n) is 4.01. The first-order chi connectivity index (χ1) is 11.6. The average Bonchev–Trinajstić information content (AvgIpc) is 3.26. The average molecular weight is 344 g/mol. The summed E-state index contributed by atoms with van der Waals surface area (Å²) in [6.45, 7) is 1.82. The van der Waals surface area contributed by atoms with Gasteiger partial charge < -0.3 is 15.4 Å². The molecular formula is C18H20N2O3S. The van der Waals surface area contributed by atoms with Crippen molar-refractivity contribution in [2.45, 2.75) is 25.5 Å². The molecule has 24 heavy (non-hydrogen) atoms. The molecular weight excluding hydrogens is 324 g/mol. The summed E-state index contributed by atoms with van der Waals surface area (Å²) in [5, 5.41) is 0. The van der Waals surface area contributed by atoms with Crippen LogP contribution in [-0.2, 0) is 11.3 Å². The van der Waals surface area contributed by atoms with Crippen molar-refractivity contribution >= 4 is 23.2 Å². The first kappa shape index (κ1) is 16.7. The van der Waals surface area contributed by atoms with Gasteiger partial charge >= 0.3 is 0 Å². The molecule has 6 heteroatoms. The van der Waals surface area contributed by atoms with Gasteiger partial charge in [-0.1, -0.05) is 30.3 Å². The second-order valence-corrected chi connectivity index (χ2v) is 6.92. The standard InChI is InChI=1S/C18H20N2O3S/c19-17(21)15-8-9-16(24-15)18(22)20(12-14-7-4-10-23-14)11-13-5-2-1-3-6-13/h1-3,5-6,8-9,14H,4,7,10-12H2,(H2,19,21). The molecule has 2 aromatic rings. The Bertz CT molecular complexity index is 708. The molecule has 2 N–H and O–H groups in total. The molecule has 1 aliphatic rings. The van der Waals surface area contributed by atoms with E-state index < -0.39 is 5.91 Å². The van der Waals surface area contributed by atoms with Crippen molar-refractivity contribution in [3.8, 4) is 0 Å². The number of nitrogens with zero attached hydrogens (tertiary/aromatic N) is 1. The van der Waals surface area contributed by atoms with Gasteiger partial charge in [0.25, 0.3) is 11.8 Å². The zero-order valence-electron chi connectivity index (χ0n) is 13.3. The number of carbonyl (C=O) groups excluding carboxylic acids is 2. The second kappa shape index (κ2) is 7.59. The third kappa shape index (κ3) is 4.01. The molecule has 1 saturated heterocycles. The molecule has 1 aromatic carbocycles. The predicted molar refractivity (Wildman–Crippen MR) is 93.0 cm³/mol. The van der Waals surface area contributed by atoms with Crippen LogP contribution in [0.2, 0.25) is 0 Å². The van der Waals surface area contributed by atoms with E-state index in [2.05, 4.69) is 0 Å². The Balaban J connectivity index is 1.78. The minimum Gasteiger partial charge on any atom is -0.376 e. The Morgan fingerprint density at radius 3 is 2.54 bits per heavy atom. The molecule has 5 nitrogen and oxygen atoms in total. The van der Waals surface area contributed by atoms with Crippen LogP contribution in [0, 0.1) is 0 Å². The van der Waals surface area contributed by atoms with Crippen molar-refractivity contribution in [3.63, 3.8) is 0 Å². The van der Waals surface area contributed by atoms with Crippen LogP contribution in [0.4, 0.5) is 0 Å². The van der Waals surface area contributed by atoms with E-state index in [0.717, 1.165) is 36.3 Å². The molecule has 2 heterocycles. The molecule has 1 aliphatic heterocycles. The van der Waals surface area contributed by atoms with E-state index in [-0.39, 0.29) is 12.0 Å². The highest BCUT2D eigenvalue weighted by atomic mass is 32.1. The zero-order valence-corrected chi connectivity index (χ0v) is 14.1. The third-order valence-corrected chi connectivity index (χ3v) is 5.10. The van der Waals surface area contributed by atoms with Crippen LogP contribution in [0.5, 0.6) is 0 Å². The first-order valence-corrected chi connectivity index (χ1v) is 8.79. The smallest absolute Gasteiger partial charge is 0.264 e. The van der Waals surface area contributed by atoms with Crippen LogP contribution < -0.4 is 5.73 Å². The van der Waals surface area contributed by atoms with Gasteiger partial charge in [-0.2, -0.15) is 0 Å². The van der Waals surface area contributed by atoms with E-state index in [4.69, 9.17) is 10.5 Å². The van der Waals surface area contributed by atoms with E-state index in [1.807, 2.05) is 30.3 Å². The van der Waals surface area contributed by atoms with Crippen LogP contribution in [0.25, 0.3) is 0 Å². The molecule has 0 aliphatic carbocycles. The summed E-state index contributed by atoms with van der Waals surface area (Å²) in [7, 11) is 0. The quantitative estimate of drug-likeness (QED) is 0.875. The highest BCUT2D eigenvalue weighted by Gasteiger charge is 2.25. The number of amides is 2. The second-order valence-electron chi connectivity index (χ2n) is 5.83. The van der Waals surface area contributed by atoms with E-state index in [1.165, 1.54) is 0 Å². The lowest BCUT2D eigenvalue weighted by Gasteiger charge is -2.25. The molecule has 2 amide bonds. The van der Waals surface area contributed by atoms with E-state index in [1.54, 1.807) is 17.0 Å². The first-order valence-electron chi connectivity index (χ1n) is 7.98. The number of primary amides is 1. The maximum Gasteiger partial charge on any atom is 0.264 e. The molecule has 0 bridgehead atoms. The zero-order chi connectivity index (χ0) is 16.9. The van der Waals surface area contributed by atoms with Crippen molar-refractivity contribution in [1.29, 1.82) is 0 Å². The number of carbonyl (C=O) groups is 2. The molecule has 0 saturated carbocycles. The maximum absolute atomic E-state index is 12.9. The van der Waals surface area contributed by atoms with Crippen molar-refractivity contribution in [3.05, 3.63) is 57.8 Å². The number of ether oxygens (including phenoxy) is 1. The molecule has 1 fully saturated rings. The number of rotatable bonds is 6. The highest BCUT2D eigenvalue weighted by Crippen LogP contribution is 2.21. The molecule has 0 spiro atoms. The highest BCUT2D eigenvalue weighted by molar-refractivity contribution is 7.15. The van der Waals surface area contributed by atoms with Gasteiger partial charge in [-0.05, 0) is 30.5 Å². The summed E-state index contributed by atoms with van der Waals surface area (Å²) in [5.74, 6) is -0.598. The van der Waals surface area contributed by atoms with Crippen molar-refractivity contribution in [1.82, 2.24) is 4.90 Å². The van der Waals surface area contributed by atoms with Gasteiger partial charge in [0.2, 0.25) is 0 Å². The lowest BCUT2D eigenvalue weighted by molar-refractivity contribution is 0.0511. The lowest BCUT2D eigenvalue weighted by Crippen LogP contribution is -2.36. The Hall–Kier alpha value is -2.18. The molecule has 1 atom stereocenters. The number of benzene rings is 1. The van der Waals surface area contributed by atoms with Crippen LogP contribution in [-0.4, -0.2) is 36.0 Å². The Morgan fingerprint density at radius 1 is 1.17 bits per heavy atom. The largest absolute Gasteiger partial charge is 0.376 e. The summed E-state index contributed by atoms with van der Waals surface area (Å²) in [6, 6.07) is 13.1. The minimum absolute atomic E-state index is 0.0771. The fourth-order valence-corrected chi connectivity index (χ4v) is 3.62. The Kier molecular flexibility index (Phi) is 5.27. The molecule has 126 valence electrons.